The molecule has 0 saturated heterocycles. The highest BCUT2D eigenvalue weighted by Gasteiger charge is 2.24. The molecule has 1 aromatic carbocycles. The summed E-state index contributed by atoms with van der Waals surface area (Å²) in [4.78, 5) is 28.8. The van der Waals surface area contributed by atoms with Gasteiger partial charge in [-0.05, 0) is 64.9 Å². The van der Waals surface area contributed by atoms with E-state index in [1.54, 1.807) is 11.8 Å². The molecule has 5 heteroatoms. The minimum absolute atomic E-state index is 0.0652. The van der Waals surface area contributed by atoms with Crippen LogP contribution in [-0.2, 0) is 9.59 Å². The second-order valence-electron chi connectivity index (χ2n) is 7.03. The third kappa shape index (κ3) is 6.13. The summed E-state index contributed by atoms with van der Waals surface area (Å²) >= 11 is 0. The smallest absolute Gasteiger partial charge is 0.246 e. The Labute approximate surface area is 158 Å². The highest BCUT2D eigenvalue weighted by Crippen LogP contribution is 2.22. The Morgan fingerprint density at radius 1 is 1.04 bits per heavy atom. The minimum atomic E-state index is -0.496. The first kappa shape index (κ1) is 22.2. The SMILES string of the molecule is CCN(CC)CCCN(C(C)=O)[C@@H](C)C(=O)Nc1c(C)cc(C)cc1C. The number of hydrogen-bond donors (Lipinski definition) is 1. The van der Waals surface area contributed by atoms with E-state index in [0.717, 1.165) is 42.9 Å². The molecule has 1 rings (SSSR count). The number of nitrogens with zero attached hydrogens (tertiary/aromatic N) is 2. The van der Waals surface area contributed by atoms with Crippen LogP contribution in [0.15, 0.2) is 12.1 Å². The van der Waals surface area contributed by atoms with Crippen molar-refractivity contribution in [2.45, 2.75) is 60.9 Å². The van der Waals surface area contributed by atoms with Gasteiger partial charge in [-0.1, -0.05) is 31.5 Å². The van der Waals surface area contributed by atoms with Gasteiger partial charge in [0.2, 0.25) is 11.8 Å². The molecule has 2 amide bonds. The molecule has 1 atom stereocenters. The van der Waals surface area contributed by atoms with Crippen molar-refractivity contribution in [3.8, 4) is 0 Å². The number of rotatable bonds is 9. The number of carbonyl (C=O) groups is 2. The second kappa shape index (κ2) is 10.3. The molecule has 0 aliphatic rings. The van der Waals surface area contributed by atoms with Crippen LogP contribution >= 0.6 is 0 Å². The molecule has 0 aliphatic carbocycles. The maximum Gasteiger partial charge on any atom is 0.246 e. The van der Waals surface area contributed by atoms with Gasteiger partial charge in [-0.15, -0.1) is 0 Å². The van der Waals surface area contributed by atoms with Crippen molar-refractivity contribution in [3.63, 3.8) is 0 Å². The summed E-state index contributed by atoms with van der Waals surface area (Å²) in [5.74, 6) is -0.206. The number of benzene rings is 1. The van der Waals surface area contributed by atoms with Crippen molar-refractivity contribution >= 4 is 17.5 Å². The first-order valence-electron chi connectivity index (χ1n) is 9.59. The third-order valence-corrected chi connectivity index (χ3v) is 4.94. The highest BCUT2D eigenvalue weighted by molar-refractivity contribution is 5.97. The molecule has 146 valence electrons. The third-order valence-electron chi connectivity index (χ3n) is 4.94. The summed E-state index contributed by atoms with van der Waals surface area (Å²) in [6.07, 6.45) is 0.863. The Kier molecular flexibility index (Phi) is 8.79. The predicted octanol–water partition coefficient (Wildman–Crippen LogP) is 3.52. The van der Waals surface area contributed by atoms with Gasteiger partial charge in [0.05, 0.1) is 0 Å². The average Bonchev–Trinajstić information content (AvgIpc) is 2.57. The molecule has 0 aliphatic heterocycles. The molecular weight excluding hydrogens is 326 g/mol. The van der Waals surface area contributed by atoms with Crippen LogP contribution in [0.1, 0.15) is 50.8 Å². The summed E-state index contributed by atoms with van der Waals surface area (Å²) in [6, 6.07) is 3.62. The standard InChI is InChI=1S/C21H35N3O2/c1-8-23(9-2)11-10-12-24(19(7)25)18(6)21(26)22-20-16(4)13-15(3)14-17(20)5/h13-14,18H,8-12H2,1-7H3,(H,22,26)/t18-/m0/s1. The molecule has 0 fully saturated rings. The van der Waals surface area contributed by atoms with Crippen LogP contribution in [0.25, 0.3) is 0 Å². The van der Waals surface area contributed by atoms with Crippen molar-refractivity contribution in [1.29, 1.82) is 0 Å². The summed E-state index contributed by atoms with van der Waals surface area (Å²) in [5, 5.41) is 3.02. The van der Waals surface area contributed by atoms with Gasteiger partial charge in [-0.3, -0.25) is 9.59 Å². The number of aryl methyl sites for hydroxylation is 3. The highest BCUT2D eigenvalue weighted by atomic mass is 16.2. The van der Waals surface area contributed by atoms with E-state index in [1.165, 1.54) is 12.5 Å². The maximum absolute atomic E-state index is 12.7. The lowest BCUT2D eigenvalue weighted by atomic mass is 10.0. The van der Waals surface area contributed by atoms with Gasteiger partial charge in [-0.25, -0.2) is 0 Å². The summed E-state index contributed by atoms with van der Waals surface area (Å²) in [7, 11) is 0. The predicted molar refractivity (Wildman–Crippen MR) is 109 cm³/mol. The van der Waals surface area contributed by atoms with E-state index < -0.39 is 6.04 Å². The largest absolute Gasteiger partial charge is 0.331 e. The number of carbonyl (C=O) groups excluding carboxylic acids is 2. The van der Waals surface area contributed by atoms with Gasteiger partial charge in [0.25, 0.3) is 0 Å². The Hall–Kier alpha value is -1.88. The first-order valence-corrected chi connectivity index (χ1v) is 9.59. The molecule has 1 aromatic rings. The molecule has 0 bridgehead atoms. The van der Waals surface area contributed by atoms with Gasteiger partial charge in [0.15, 0.2) is 0 Å². The topological polar surface area (TPSA) is 52.7 Å². The lowest BCUT2D eigenvalue weighted by molar-refractivity contribution is -0.136. The Bertz CT molecular complexity index is 601. The maximum atomic E-state index is 12.7. The molecule has 1 N–H and O–H groups in total. The Morgan fingerprint density at radius 3 is 2.04 bits per heavy atom. The average molecular weight is 362 g/mol. The van der Waals surface area contributed by atoms with Gasteiger partial charge in [0.1, 0.15) is 6.04 Å². The quantitative estimate of drug-likeness (QED) is 0.732. The van der Waals surface area contributed by atoms with E-state index in [1.807, 2.05) is 20.8 Å². The van der Waals surface area contributed by atoms with E-state index in [-0.39, 0.29) is 11.8 Å². The van der Waals surface area contributed by atoms with Crippen LogP contribution in [0.2, 0.25) is 0 Å². The van der Waals surface area contributed by atoms with Crippen LogP contribution in [-0.4, -0.2) is 53.8 Å². The van der Waals surface area contributed by atoms with Gasteiger partial charge in [0, 0.05) is 19.2 Å². The first-order chi connectivity index (χ1) is 12.2. The number of hydrogen-bond acceptors (Lipinski definition) is 3. The molecule has 0 radical (unpaired) electrons. The monoisotopic (exact) mass is 361 g/mol. The lowest BCUT2D eigenvalue weighted by Crippen LogP contribution is -2.45. The zero-order valence-electron chi connectivity index (χ0n) is 17.5. The number of amides is 2. The molecule has 5 nitrogen and oxygen atoms in total. The summed E-state index contributed by atoms with van der Waals surface area (Å²) < 4.78 is 0. The molecule has 0 aromatic heterocycles. The summed E-state index contributed by atoms with van der Waals surface area (Å²) in [5.41, 5.74) is 4.10. The fourth-order valence-electron chi connectivity index (χ4n) is 3.37. The van der Waals surface area contributed by atoms with Crippen LogP contribution in [0.3, 0.4) is 0 Å². The van der Waals surface area contributed by atoms with Gasteiger partial charge in [-0.2, -0.15) is 0 Å². The number of nitrogens with one attached hydrogen (secondary N) is 1. The molecule has 26 heavy (non-hydrogen) atoms. The molecule has 0 unspecified atom stereocenters. The minimum Gasteiger partial charge on any atom is -0.331 e. The molecular formula is C21H35N3O2. The van der Waals surface area contributed by atoms with Crippen LogP contribution in [0.4, 0.5) is 5.69 Å². The molecule has 0 spiro atoms. The molecule has 0 saturated carbocycles. The van der Waals surface area contributed by atoms with Gasteiger partial charge >= 0.3 is 0 Å². The Morgan fingerprint density at radius 2 is 1.58 bits per heavy atom. The number of anilines is 1. The zero-order chi connectivity index (χ0) is 19.9. The van der Waals surface area contributed by atoms with Crippen LogP contribution in [0.5, 0.6) is 0 Å². The van der Waals surface area contributed by atoms with Crippen molar-refractivity contribution in [3.05, 3.63) is 28.8 Å². The lowest BCUT2D eigenvalue weighted by Gasteiger charge is -2.29. The Balaban J connectivity index is 2.78. The van der Waals surface area contributed by atoms with E-state index in [0.29, 0.717) is 6.54 Å². The van der Waals surface area contributed by atoms with E-state index in [2.05, 4.69) is 36.2 Å². The van der Waals surface area contributed by atoms with E-state index in [9.17, 15) is 9.59 Å². The van der Waals surface area contributed by atoms with Gasteiger partial charge < -0.3 is 15.1 Å². The zero-order valence-corrected chi connectivity index (χ0v) is 17.5. The summed E-state index contributed by atoms with van der Waals surface area (Å²) in [6.45, 7) is 17.1. The van der Waals surface area contributed by atoms with Crippen molar-refractivity contribution < 1.29 is 9.59 Å². The fourth-order valence-corrected chi connectivity index (χ4v) is 3.37. The second-order valence-corrected chi connectivity index (χ2v) is 7.03. The van der Waals surface area contributed by atoms with Crippen molar-refractivity contribution in [2.75, 3.05) is 31.5 Å². The van der Waals surface area contributed by atoms with Crippen LogP contribution < -0.4 is 5.32 Å². The molecule has 0 heterocycles. The van der Waals surface area contributed by atoms with Crippen molar-refractivity contribution in [1.82, 2.24) is 9.80 Å². The van der Waals surface area contributed by atoms with E-state index >= 15 is 0 Å². The van der Waals surface area contributed by atoms with E-state index in [4.69, 9.17) is 0 Å². The van der Waals surface area contributed by atoms with Crippen molar-refractivity contribution in [2.24, 2.45) is 0 Å². The normalized spacial score (nSPS) is 12.2. The van der Waals surface area contributed by atoms with Crippen LogP contribution in [0, 0.1) is 20.8 Å². The fraction of sp³-hybridized carbons (Fsp3) is 0.619.